The van der Waals surface area contributed by atoms with Crippen LogP contribution in [0.15, 0.2) is 42.5 Å². The lowest BCUT2D eigenvalue weighted by Crippen LogP contribution is -2.57. The molecule has 5 atom stereocenters. The molecule has 14 nitrogen and oxygen atoms in total. The van der Waals surface area contributed by atoms with Crippen molar-refractivity contribution in [1.82, 2.24) is 47.9 Å². The van der Waals surface area contributed by atoms with E-state index in [4.69, 9.17) is 0 Å². The summed E-state index contributed by atoms with van der Waals surface area (Å²) in [6, 6.07) is 10.4. The monoisotopic (exact) mass is 737 g/mol. The van der Waals surface area contributed by atoms with Crippen LogP contribution < -0.4 is 47.9 Å². The molecule has 1 aliphatic heterocycles. The first-order chi connectivity index (χ1) is 25.6. The van der Waals surface area contributed by atoms with Gasteiger partial charge in [-0.3, -0.25) is 19.2 Å². The normalized spacial score (nSPS) is 18.8. The zero-order valence-corrected chi connectivity index (χ0v) is 32.2. The van der Waals surface area contributed by atoms with Crippen LogP contribution in [0.2, 0.25) is 0 Å². The van der Waals surface area contributed by atoms with E-state index in [2.05, 4.69) is 47.9 Å². The van der Waals surface area contributed by atoms with Crippen LogP contribution in [0.3, 0.4) is 0 Å². The minimum Gasteiger partial charge on any atom is -0.508 e. The van der Waals surface area contributed by atoms with Gasteiger partial charge in [-0.25, -0.2) is 0 Å². The molecule has 0 unspecified atom stereocenters. The smallest absolute Gasteiger partial charge is 0.243 e. The number of carbonyl (C=O) groups excluding carboxylic acids is 4. The Kier molecular flexibility index (Phi) is 19.3. The van der Waals surface area contributed by atoms with Crippen LogP contribution in [0.5, 0.6) is 5.75 Å². The largest absolute Gasteiger partial charge is 0.508 e. The molecular formula is C39H63N9O5. The number of carbonyl (C=O) groups is 4. The molecule has 3 rings (SSSR count). The Balaban J connectivity index is 1.72. The van der Waals surface area contributed by atoms with Gasteiger partial charge in [0.05, 0.1) is 12.1 Å². The van der Waals surface area contributed by atoms with Gasteiger partial charge >= 0.3 is 0 Å². The summed E-state index contributed by atoms with van der Waals surface area (Å²) >= 11 is 0. The fourth-order valence-corrected chi connectivity index (χ4v) is 6.53. The molecule has 0 saturated heterocycles. The number of hydrogen-bond acceptors (Lipinski definition) is 10. The summed E-state index contributed by atoms with van der Waals surface area (Å²) in [6.45, 7) is 2.50. The second kappa shape index (κ2) is 23.6. The van der Waals surface area contributed by atoms with E-state index in [0.717, 1.165) is 36.1 Å². The fourth-order valence-electron chi connectivity index (χ4n) is 6.53. The maximum absolute atomic E-state index is 13.8. The van der Waals surface area contributed by atoms with Gasteiger partial charge in [-0.2, -0.15) is 0 Å². The molecule has 14 heteroatoms. The van der Waals surface area contributed by atoms with Crippen LogP contribution in [-0.4, -0.2) is 120 Å². The molecule has 0 aliphatic carbocycles. The van der Waals surface area contributed by atoms with Gasteiger partial charge < -0.3 is 53.0 Å². The molecule has 2 aromatic rings. The second-order valence-electron chi connectivity index (χ2n) is 13.8. The highest BCUT2D eigenvalue weighted by molar-refractivity contribution is 5.93. The molecule has 294 valence electrons. The third kappa shape index (κ3) is 14.3. The third-order valence-electron chi connectivity index (χ3n) is 9.85. The van der Waals surface area contributed by atoms with Crippen LogP contribution in [0.25, 0.3) is 11.1 Å². The van der Waals surface area contributed by atoms with Crippen molar-refractivity contribution in [1.29, 1.82) is 0 Å². The highest BCUT2D eigenvalue weighted by Gasteiger charge is 2.29. The van der Waals surface area contributed by atoms with Gasteiger partial charge in [0.2, 0.25) is 23.6 Å². The molecule has 0 saturated carbocycles. The number of hydrogen-bond donors (Lipinski definition) is 10. The Morgan fingerprint density at radius 2 is 1.55 bits per heavy atom. The fraction of sp³-hybridized carbons (Fsp3) is 0.590. The highest BCUT2D eigenvalue weighted by Crippen LogP contribution is 2.28. The van der Waals surface area contributed by atoms with Gasteiger partial charge in [-0.1, -0.05) is 30.3 Å². The van der Waals surface area contributed by atoms with Crippen LogP contribution in [0.4, 0.5) is 0 Å². The summed E-state index contributed by atoms with van der Waals surface area (Å²) in [5, 5.41) is 38.2. The van der Waals surface area contributed by atoms with Gasteiger partial charge in [-0.05, 0) is 128 Å². The second-order valence-corrected chi connectivity index (χ2v) is 13.8. The van der Waals surface area contributed by atoms with E-state index in [0.29, 0.717) is 57.3 Å². The zero-order valence-electron chi connectivity index (χ0n) is 32.2. The van der Waals surface area contributed by atoms with Gasteiger partial charge in [0.25, 0.3) is 0 Å². The number of phenols is 1. The number of phenolic OH excluding ortho intramolecular Hbond substituents is 1. The van der Waals surface area contributed by atoms with Gasteiger partial charge in [0.1, 0.15) is 17.8 Å². The Bertz CT molecular complexity index is 1460. The van der Waals surface area contributed by atoms with Crippen LogP contribution in [-0.2, 0) is 32.0 Å². The van der Waals surface area contributed by atoms with Crippen molar-refractivity contribution in [2.45, 2.75) is 88.0 Å². The molecule has 10 N–H and O–H groups in total. The minimum absolute atomic E-state index is 0.0493. The first-order valence-electron chi connectivity index (χ1n) is 19.0. The topological polar surface area (TPSA) is 197 Å². The minimum atomic E-state index is -0.897. The van der Waals surface area contributed by atoms with E-state index in [1.54, 1.807) is 20.2 Å². The Hall–Kier alpha value is -4.08. The molecule has 0 spiro atoms. The van der Waals surface area contributed by atoms with E-state index in [1.807, 2.05) is 57.5 Å². The number of unbranched alkanes of at least 4 members (excludes halogenated alkanes) is 1. The lowest BCUT2D eigenvalue weighted by Gasteiger charge is -2.25. The quantitative estimate of drug-likeness (QED) is 0.0845. The molecule has 0 radical (unpaired) electrons. The van der Waals surface area contributed by atoms with Crippen LogP contribution >= 0.6 is 0 Å². The van der Waals surface area contributed by atoms with Gasteiger partial charge in [-0.15, -0.1) is 0 Å². The maximum Gasteiger partial charge on any atom is 0.243 e. The first-order valence-corrected chi connectivity index (χ1v) is 19.0. The van der Waals surface area contributed by atoms with E-state index in [9.17, 15) is 24.3 Å². The number of likely N-dealkylation sites (N-methyl/N-ethyl adjacent to an activating group) is 3. The zero-order chi connectivity index (χ0) is 38.6. The number of nitrogens with one attached hydrogen (secondary N) is 9. The third-order valence-corrected chi connectivity index (χ3v) is 9.85. The van der Waals surface area contributed by atoms with Crippen molar-refractivity contribution in [3.8, 4) is 16.9 Å². The van der Waals surface area contributed by atoms with Gasteiger partial charge in [0.15, 0.2) is 0 Å². The molecule has 2 aromatic carbocycles. The molecule has 53 heavy (non-hydrogen) atoms. The van der Waals surface area contributed by atoms with Crippen molar-refractivity contribution in [3.63, 3.8) is 0 Å². The van der Waals surface area contributed by atoms with Crippen molar-refractivity contribution in [2.24, 2.45) is 0 Å². The molecule has 0 fully saturated rings. The van der Waals surface area contributed by atoms with Crippen molar-refractivity contribution >= 4 is 23.6 Å². The predicted molar refractivity (Wildman–Crippen MR) is 210 cm³/mol. The summed E-state index contributed by atoms with van der Waals surface area (Å²) in [5.74, 6) is -1.11. The lowest BCUT2D eigenvalue weighted by atomic mass is 9.96. The number of rotatable bonds is 20. The number of amides is 4. The standard InChI is InChI=1S/C39H63N9O5/c1-40-18-9-13-30(42-3)25-46-36(50)31(43-4)14-6-7-20-45-37(51)34-22-26-11-8-12-27(21-26)28-16-17-35(49)29(23-28)24-33(44-5)39(53)47-32(38(52)48-34)15-10-19-41-2/h8,11-12,16-17,21,23,30-34,40-44,49H,6-7,9-10,13-15,18-20,22,24-25H2,1-5H3,(H,45,51)(H,46,50)(H,47,53)(H,48,52)/t30-,31-,32-,33-,34-/m0/s1. The first kappa shape index (κ1) is 43.3. The van der Waals surface area contributed by atoms with Crippen molar-refractivity contribution in [3.05, 3.63) is 53.6 Å². The van der Waals surface area contributed by atoms with Crippen molar-refractivity contribution < 1.29 is 24.3 Å². The maximum atomic E-state index is 13.8. The number of fused-ring (bicyclic) bond motifs is 5. The molecule has 0 aromatic heterocycles. The van der Waals surface area contributed by atoms with Crippen LogP contribution in [0, 0.1) is 0 Å². The molecular weight excluding hydrogens is 674 g/mol. The average molecular weight is 738 g/mol. The lowest BCUT2D eigenvalue weighted by molar-refractivity contribution is -0.132. The Morgan fingerprint density at radius 3 is 2.26 bits per heavy atom. The van der Waals surface area contributed by atoms with Crippen LogP contribution in [0.1, 0.15) is 56.1 Å². The molecule has 1 heterocycles. The molecule has 1 aliphatic rings. The highest BCUT2D eigenvalue weighted by atomic mass is 16.3. The summed E-state index contributed by atoms with van der Waals surface area (Å²) in [5.41, 5.74) is 3.20. The SMILES string of the molecule is CNCCC[C@@H](CNC(=O)[C@H](CCCCNC(=O)[C@@H]1Cc2cccc(c2)-c2ccc(O)c(c2)C[C@H](NC)C(=O)N[C@@H](CCCNC)C(=O)N1)NC)NC. The van der Waals surface area contributed by atoms with E-state index in [1.165, 1.54) is 0 Å². The summed E-state index contributed by atoms with van der Waals surface area (Å²) < 4.78 is 0. The van der Waals surface area contributed by atoms with Gasteiger partial charge in [0, 0.05) is 32.0 Å². The van der Waals surface area contributed by atoms with E-state index < -0.39 is 24.0 Å². The Labute approximate surface area is 315 Å². The number of benzene rings is 2. The Morgan fingerprint density at radius 1 is 0.792 bits per heavy atom. The van der Waals surface area contributed by atoms with Crippen molar-refractivity contribution in [2.75, 3.05) is 61.4 Å². The molecule has 4 amide bonds. The van der Waals surface area contributed by atoms with E-state index in [-0.39, 0.29) is 48.4 Å². The summed E-state index contributed by atoms with van der Waals surface area (Å²) in [4.78, 5) is 54.0. The summed E-state index contributed by atoms with van der Waals surface area (Å²) in [6.07, 6.45) is 5.37. The average Bonchev–Trinajstić information content (AvgIpc) is 3.16. The summed E-state index contributed by atoms with van der Waals surface area (Å²) in [7, 11) is 9.09. The molecule has 4 bridgehead atoms. The number of aromatic hydroxyl groups is 1. The predicted octanol–water partition coefficient (Wildman–Crippen LogP) is 0.293. The van der Waals surface area contributed by atoms with E-state index >= 15 is 0 Å².